The van der Waals surface area contributed by atoms with Gasteiger partial charge in [0, 0.05) is 12.8 Å². The van der Waals surface area contributed by atoms with Gasteiger partial charge in [-0.1, -0.05) is 46.3 Å². The molecule has 1 aliphatic heterocycles. The van der Waals surface area contributed by atoms with Gasteiger partial charge < -0.3 is 24.8 Å². The molecule has 0 amide bonds. The number of carbonyl (C=O) groups is 1. The molecule has 0 aromatic heterocycles. The van der Waals surface area contributed by atoms with E-state index in [2.05, 4.69) is 40.7 Å². The molecule has 12 atom stereocenters. The van der Waals surface area contributed by atoms with Crippen LogP contribution in [-0.4, -0.2) is 52.5 Å². The van der Waals surface area contributed by atoms with E-state index in [1.807, 2.05) is 0 Å². The van der Waals surface area contributed by atoms with Crippen LogP contribution in [0.3, 0.4) is 0 Å². The van der Waals surface area contributed by atoms with Crippen LogP contribution in [0.2, 0.25) is 0 Å². The Labute approximate surface area is 241 Å². The lowest BCUT2D eigenvalue weighted by atomic mass is 9.38. The van der Waals surface area contributed by atoms with Crippen LogP contribution in [0.4, 0.5) is 0 Å². The van der Waals surface area contributed by atoms with E-state index in [1.165, 1.54) is 18.4 Å². The molecule has 6 heteroatoms. The summed E-state index contributed by atoms with van der Waals surface area (Å²) < 4.78 is 12.5. The van der Waals surface area contributed by atoms with Gasteiger partial charge in [-0.05, 0) is 110 Å². The SMILES string of the molecule is C[C@H]1C(OC2CC(O)CC(CO)O2)CC[C@@]2(C)C1CC[C@@]1(C)C3CC[C@@]4(C(=O)O)CCC(C)(C)CC4C3=CCC12. The molecule has 1 saturated heterocycles. The molecular weight excluding hydrogens is 504 g/mol. The highest BCUT2D eigenvalue weighted by molar-refractivity contribution is 5.76. The van der Waals surface area contributed by atoms with Crippen LogP contribution in [0.15, 0.2) is 11.6 Å². The quantitative estimate of drug-likeness (QED) is 0.275. The molecule has 8 unspecified atom stereocenters. The van der Waals surface area contributed by atoms with E-state index in [0.717, 1.165) is 51.4 Å². The van der Waals surface area contributed by atoms with E-state index < -0.39 is 23.8 Å². The van der Waals surface area contributed by atoms with Crippen molar-refractivity contribution in [1.29, 1.82) is 0 Å². The molecule has 6 aliphatic rings. The molecule has 0 spiro atoms. The second kappa shape index (κ2) is 10.1. The zero-order valence-corrected chi connectivity index (χ0v) is 25.5. The average molecular weight is 559 g/mol. The lowest BCUT2D eigenvalue weighted by Gasteiger charge is -2.66. The summed E-state index contributed by atoms with van der Waals surface area (Å²) in [5, 5.41) is 30.4. The van der Waals surface area contributed by atoms with E-state index in [-0.39, 0.29) is 41.0 Å². The van der Waals surface area contributed by atoms with Gasteiger partial charge in [0.1, 0.15) is 0 Å². The second-order valence-corrected chi connectivity index (χ2v) is 16.2. The molecule has 5 aliphatic carbocycles. The van der Waals surface area contributed by atoms with Crippen LogP contribution < -0.4 is 0 Å². The number of rotatable bonds is 4. The lowest BCUT2D eigenvalue weighted by Crippen LogP contribution is -2.60. The van der Waals surface area contributed by atoms with Gasteiger partial charge >= 0.3 is 5.97 Å². The van der Waals surface area contributed by atoms with E-state index in [9.17, 15) is 20.1 Å². The Bertz CT molecular complexity index is 1020. The third kappa shape index (κ3) is 4.45. The van der Waals surface area contributed by atoms with Crippen molar-refractivity contribution in [2.24, 2.45) is 51.2 Å². The molecule has 5 fully saturated rings. The molecule has 0 aromatic carbocycles. The van der Waals surface area contributed by atoms with E-state index in [0.29, 0.717) is 36.5 Å². The molecule has 6 rings (SSSR count). The number of hydrogen-bond donors (Lipinski definition) is 3. The first-order valence-corrected chi connectivity index (χ1v) is 16.4. The Morgan fingerprint density at radius 2 is 1.75 bits per heavy atom. The van der Waals surface area contributed by atoms with Crippen molar-refractivity contribution in [1.82, 2.24) is 0 Å². The van der Waals surface area contributed by atoms with Gasteiger partial charge in [0.25, 0.3) is 0 Å². The highest BCUT2D eigenvalue weighted by Gasteiger charge is 2.64. The third-order valence-corrected chi connectivity index (χ3v) is 13.7. The topological polar surface area (TPSA) is 96.2 Å². The predicted octanol–water partition coefficient (Wildman–Crippen LogP) is 6.34. The van der Waals surface area contributed by atoms with Gasteiger partial charge in [-0.15, -0.1) is 0 Å². The van der Waals surface area contributed by atoms with Crippen molar-refractivity contribution in [2.45, 2.75) is 136 Å². The number of carboxylic acid groups (broad SMARTS) is 1. The third-order valence-electron chi connectivity index (χ3n) is 13.7. The van der Waals surface area contributed by atoms with Gasteiger partial charge in [-0.3, -0.25) is 4.79 Å². The number of allylic oxidation sites excluding steroid dienone is 2. The predicted molar refractivity (Wildman–Crippen MR) is 153 cm³/mol. The van der Waals surface area contributed by atoms with Crippen LogP contribution in [0.5, 0.6) is 0 Å². The summed E-state index contributed by atoms with van der Waals surface area (Å²) in [6, 6.07) is 0. The minimum Gasteiger partial charge on any atom is -0.481 e. The highest BCUT2D eigenvalue weighted by Crippen LogP contribution is 2.71. The van der Waals surface area contributed by atoms with Crippen LogP contribution in [-0.2, 0) is 14.3 Å². The molecule has 4 saturated carbocycles. The Balaban J connectivity index is 1.23. The van der Waals surface area contributed by atoms with Crippen molar-refractivity contribution in [3.63, 3.8) is 0 Å². The van der Waals surface area contributed by atoms with Crippen LogP contribution in [0.1, 0.15) is 112 Å². The van der Waals surface area contributed by atoms with Crippen molar-refractivity contribution in [3.05, 3.63) is 11.6 Å². The van der Waals surface area contributed by atoms with Crippen molar-refractivity contribution in [2.75, 3.05) is 6.61 Å². The summed E-state index contributed by atoms with van der Waals surface area (Å²) in [7, 11) is 0. The molecule has 3 N–H and O–H groups in total. The number of ether oxygens (including phenoxy) is 2. The van der Waals surface area contributed by atoms with Crippen LogP contribution in [0, 0.1) is 51.2 Å². The number of aliphatic hydroxyl groups is 2. The fraction of sp³-hybridized carbons (Fsp3) is 0.912. The van der Waals surface area contributed by atoms with Gasteiger partial charge in [0.2, 0.25) is 0 Å². The molecule has 0 aromatic rings. The van der Waals surface area contributed by atoms with Crippen LogP contribution >= 0.6 is 0 Å². The minimum absolute atomic E-state index is 0.0826. The summed E-state index contributed by atoms with van der Waals surface area (Å²) in [5.41, 5.74) is 1.62. The van der Waals surface area contributed by atoms with Crippen molar-refractivity contribution in [3.8, 4) is 0 Å². The van der Waals surface area contributed by atoms with Crippen molar-refractivity contribution < 1.29 is 29.6 Å². The molecule has 6 nitrogen and oxygen atoms in total. The summed E-state index contributed by atoms with van der Waals surface area (Å²) >= 11 is 0. The van der Waals surface area contributed by atoms with Crippen LogP contribution in [0.25, 0.3) is 0 Å². The molecular formula is C34H54O6. The maximum atomic E-state index is 12.8. The monoisotopic (exact) mass is 558 g/mol. The van der Waals surface area contributed by atoms with E-state index in [4.69, 9.17) is 9.47 Å². The van der Waals surface area contributed by atoms with E-state index in [1.54, 1.807) is 0 Å². The maximum absolute atomic E-state index is 12.8. The largest absolute Gasteiger partial charge is 0.481 e. The van der Waals surface area contributed by atoms with E-state index >= 15 is 0 Å². The Hall–Kier alpha value is -0.950. The molecule has 1 heterocycles. The molecule has 226 valence electrons. The number of fused-ring (bicyclic) bond motifs is 7. The first kappa shape index (κ1) is 29.1. The maximum Gasteiger partial charge on any atom is 0.310 e. The summed E-state index contributed by atoms with van der Waals surface area (Å²) in [6.45, 7) is 12.1. The number of hydrogen-bond acceptors (Lipinski definition) is 5. The molecule has 0 radical (unpaired) electrons. The first-order chi connectivity index (χ1) is 18.8. The summed E-state index contributed by atoms with van der Waals surface area (Å²) in [4.78, 5) is 12.8. The normalized spacial score (nSPS) is 51.9. The molecule has 0 bridgehead atoms. The smallest absolute Gasteiger partial charge is 0.310 e. The number of carboxylic acids is 1. The number of aliphatic hydroxyl groups excluding tert-OH is 2. The lowest BCUT2D eigenvalue weighted by molar-refractivity contribution is -0.262. The van der Waals surface area contributed by atoms with Gasteiger partial charge in [-0.2, -0.15) is 0 Å². The van der Waals surface area contributed by atoms with Gasteiger partial charge in [0.15, 0.2) is 6.29 Å². The van der Waals surface area contributed by atoms with Gasteiger partial charge in [0.05, 0.1) is 30.3 Å². The Morgan fingerprint density at radius 1 is 1.00 bits per heavy atom. The minimum atomic E-state index is -0.560. The fourth-order valence-corrected chi connectivity index (χ4v) is 11.4. The second-order valence-electron chi connectivity index (χ2n) is 16.2. The molecule has 40 heavy (non-hydrogen) atoms. The zero-order chi connectivity index (χ0) is 28.7. The zero-order valence-electron chi connectivity index (χ0n) is 25.5. The summed E-state index contributed by atoms with van der Waals surface area (Å²) in [6.07, 6.45) is 12.7. The number of aliphatic carboxylic acids is 1. The fourth-order valence-electron chi connectivity index (χ4n) is 11.4. The van der Waals surface area contributed by atoms with Gasteiger partial charge in [-0.25, -0.2) is 0 Å². The summed E-state index contributed by atoms with van der Waals surface area (Å²) in [5.74, 6) is 1.74. The Kier molecular flexibility index (Phi) is 7.33. The first-order valence-electron chi connectivity index (χ1n) is 16.4. The standard InChI is InChI=1S/C34H54O6/c1-20-24-8-11-33(5)25-9-13-34(30(37)38)15-14-31(2,3)18-26(34)23(25)6-7-28(33)32(24,4)12-10-27(20)40-29-17-21(36)16-22(19-35)39-29/h6,20-22,24-29,35-36H,7-19H2,1-5H3,(H,37,38)/t20-,21?,22?,24?,25?,26?,27?,28?,29?,32+,33+,34-/m1/s1. The highest BCUT2D eigenvalue weighted by atomic mass is 16.7. The Morgan fingerprint density at radius 3 is 2.48 bits per heavy atom. The average Bonchev–Trinajstić information content (AvgIpc) is 2.89. The van der Waals surface area contributed by atoms with Crippen molar-refractivity contribution >= 4 is 5.97 Å².